The SMILES string of the molecule is COc1cccc(Sc2c(N)ccc(F)c2F)c1. The third kappa shape index (κ3) is 2.56. The molecule has 0 saturated carbocycles. The van der Waals surface area contributed by atoms with Crippen LogP contribution in [0.4, 0.5) is 14.5 Å². The lowest BCUT2D eigenvalue weighted by molar-refractivity contribution is 0.413. The van der Waals surface area contributed by atoms with Gasteiger partial charge in [0.1, 0.15) is 5.75 Å². The van der Waals surface area contributed by atoms with Crippen LogP contribution in [0.5, 0.6) is 5.75 Å². The fraction of sp³-hybridized carbons (Fsp3) is 0.0769. The van der Waals surface area contributed by atoms with Gasteiger partial charge < -0.3 is 10.5 Å². The van der Waals surface area contributed by atoms with Gasteiger partial charge in [-0.15, -0.1) is 0 Å². The molecule has 18 heavy (non-hydrogen) atoms. The first-order valence-electron chi connectivity index (χ1n) is 5.17. The third-order valence-electron chi connectivity index (χ3n) is 2.34. The van der Waals surface area contributed by atoms with Crippen LogP contribution in [0.15, 0.2) is 46.2 Å². The fourth-order valence-electron chi connectivity index (χ4n) is 1.43. The van der Waals surface area contributed by atoms with Crippen LogP contribution < -0.4 is 10.5 Å². The van der Waals surface area contributed by atoms with Crippen molar-refractivity contribution < 1.29 is 13.5 Å². The minimum atomic E-state index is -0.928. The number of anilines is 1. The van der Waals surface area contributed by atoms with Crippen LogP contribution in [0, 0.1) is 11.6 Å². The molecule has 2 N–H and O–H groups in total. The summed E-state index contributed by atoms with van der Waals surface area (Å²) in [7, 11) is 1.54. The Hall–Kier alpha value is -1.75. The van der Waals surface area contributed by atoms with Crippen molar-refractivity contribution in [3.05, 3.63) is 48.0 Å². The zero-order chi connectivity index (χ0) is 13.1. The summed E-state index contributed by atoms with van der Waals surface area (Å²) in [5, 5.41) is 0. The molecule has 2 aromatic rings. The first-order valence-corrected chi connectivity index (χ1v) is 5.99. The number of hydrogen-bond acceptors (Lipinski definition) is 3. The normalized spacial score (nSPS) is 10.4. The van der Waals surface area contributed by atoms with Gasteiger partial charge in [0.2, 0.25) is 0 Å². The van der Waals surface area contributed by atoms with Crippen LogP contribution in [-0.4, -0.2) is 7.11 Å². The Bertz CT molecular complexity index is 575. The lowest BCUT2D eigenvalue weighted by atomic mass is 10.3. The van der Waals surface area contributed by atoms with Crippen LogP contribution in [0.25, 0.3) is 0 Å². The van der Waals surface area contributed by atoms with E-state index in [1.165, 1.54) is 6.07 Å². The smallest absolute Gasteiger partial charge is 0.174 e. The topological polar surface area (TPSA) is 35.2 Å². The van der Waals surface area contributed by atoms with E-state index in [-0.39, 0.29) is 10.6 Å². The van der Waals surface area contributed by atoms with Gasteiger partial charge in [0.05, 0.1) is 12.0 Å². The zero-order valence-corrected chi connectivity index (χ0v) is 10.4. The molecular weight excluding hydrogens is 256 g/mol. The Balaban J connectivity index is 2.36. The third-order valence-corrected chi connectivity index (χ3v) is 3.45. The van der Waals surface area contributed by atoms with Crippen molar-refractivity contribution in [1.29, 1.82) is 0 Å². The molecule has 5 heteroatoms. The van der Waals surface area contributed by atoms with Crippen LogP contribution in [0.1, 0.15) is 0 Å². The number of benzene rings is 2. The molecule has 94 valence electrons. The molecule has 0 aliphatic carbocycles. The molecule has 0 heterocycles. The number of hydrogen-bond donors (Lipinski definition) is 1. The molecule has 0 spiro atoms. The van der Waals surface area contributed by atoms with Crippen molar-refractivity contribution in [2.24, 2.45) is 0 Å². The minimum Gasteiger partial charge on any atom is -0.497 e. The summed E-state index contributed by atoms with van der Waals surface area (Å²) in [6.45, 7) is 0. The Morgan fingerprint density at radius 3 is 2.67 bits per heavy atom. The Kier molecular flexibility index (Phi) is 3.72. The molecule has 0 aromatic heterocycles. The Labute approximate surface area is 108 Å². The highest BCUT2D eigenvalue weighted by atomic mass is 32.2. The van der Waals surface area contributed by atoms with Gasteiger partial charge in [0, 0.05) is 10.6 Å². The number of rotatable bonds is 3. The lowest BCUT2D eigenvalue weighted by Gasteiger charge is -2.08. The summed E-state index contributed by atoms with van der Waals surface area (Å²) in [6, 6.07) is 9.41. The molecule has 0 saturated heterocycles. The van der Waals surface area contributed by atoms with Crippen molar-refractivity contribution in [3.8, 4) is 5.75 Å². The molecular formula is C13H11F2NOS. The van der Waals surface area contributed by atoms with Crippen LogP contribution in [0.2, 0.25) is 0 Å². The second-order valence-corrected chi connectivity index (χ2v) is 4.64. The molecule has 2 nitrogen and oxygen atoms in total. The molecule has 2 aromatic carbocycles. The Morgan fingerprint density at radius 1 is 1.17 bits per heavy atom. The monoisotopic (exact) mass is 267 g/mol. The van der Waals surface area contributed by atoms with E-state index in [0.29, 0.717) is 5.75 Å². The van der Waals surface area contributed by atoms with E-state index in [9.17, 15) is 8.78 Å². The van der Waals surface area contributed by atoms with E-state index < -0.39 is 11.6 Å². The van der Waals surface area contributed by atoms with Crippen LogP contribution >= 0.6 is 11.8 Å². The number of nitrogen functional groups attached to an aromatic ring is 1. The van der Waals surface area contributed by atoms with E-state index in [2.05, 4.69) is 0 Å². The van der Waals surface area contributed by atoms with Crippen molar-refractivity contribution in [3.63, 3.8) is 0 Å². The van der Waals surface area contributed by atoms with Gasteiger partial charge in [-0.3, -0.25) is 0 Å². The second kappa shape index (κ2) is 5.27. The summed E-state index contributed by atoms with van der Waals surface area (Å²) in [6.07, 6.45) is 0. The van der Waals surface area contributed by atoms with Gasteiger partial charge in [-0.25, -0.2) is 8.78 Å². The summed E-state index contributed by atoms with van der Waals surface area (Å²) >= 11 is 1.06. The largest absolute Gasteiger partial charge is 0.497 e. The molecule has 0 radical (unpaired) electrons. The maximum atomic E-state index is 13.6. The lowest BCUT2D eigenvalue weighted by Crippen LogP contribution is -1.95. The van der Waals surface area contributed by atoms with Gasteiger partial charge in [0.25, 0.3) is 0 Å². The predicted octanol–water partition coefficient (Wildman–Crippen LogP) is 3.71. The number of halogens is 2. The first-order chi connectivity index (χ1) is 8.61. The minimum absolute atomic E-state index is 0.0863. The molecule has 2 rings (SSSR count). The van der Waals surface area contributed by atoms with E-state index >= 15 is 0 Å². The van der Waals surface area contributed by atoms with Gasteiger partial charge in [-0.2, -0.15) is 0 Å². The summed E-state index contributed by atoms with van der Waals surface area (Å²) in [5.74, 6) is -1.19. The average Bonchev–Trinajstić information content (AvgIpc) is 2.39. The van der Waals surface area contributed by atoms with Crippen LogP contribution in [-0.2, 0) is 0 Å². The first kappa shape index (κ1) is 12.7. The van der Waals surface area contributed by atoms with Crippen molar-refractivity contribution in [1.82, 2.24) is 0 Å². The van der Waals surface area contributed by atoms with E-state index in [1.54, 1.807) is 31.4 Å². The van der Waals surface area contributed by atoms with E-state index in [1.807, 2.05) is 0 Å². The molecule has 0 fully saturated rings. The van der Waals surface area contributed by atoms with Gasteiger partial charge in [0.15, 0.2) is 11.6 Å². The molecule has 0 unspecified atom stereocenters. The van der Waals surface area contributed by atoms with E-state index in [0.717, 1.165) is 22.7 Å². The van der Waals surface area contributed by atoms with Gasteiger partial charge in [-0.05, 0) is 30.3 Å². The highest BCUT2D eigenvalue weighted by molar-refractivity contribution is 7.99. The molecule has 0 bridgehead atoms. The van der Waals surface area contributed by atoms with Crippen molar-refractivity contribution >= 4 is 17.4 Å². The van der Waals surface area contributed by atoms with E-state index in [4.69, 9.17) is 10.5 Å². The predicted molar refractivity (Wildman–Crippen MR) is 67.9 cm³/mol. The molecule has 0 amide bonds. The Morgan fingerprint density at radius 2 is 1.94 bits per heavy atom. The number of nitrogens with two attached hydrogens (primary N) is 1. The second-order valence-electron chi connectivity index (χ2n) is 3.56. The number of methoxy groups -OCH3 is 1. The maximum Gasteiger partial charge on any atom is 0.174 e. The van der Waals surface area contributed by atoms with Crippen LogP contribution in [0.3, 0.4) is 0 Å². The summed E-state index contributed by atoms with van der Waals surface area (Å²) < 4.78 is 31.8. The quantitative estimate of drug-likeness (QED) is 0.861. The summed E-state index contributed by atoms with van der Waals surface area (Å²) in [4.78, 5) is 0.814. The highest BCUT2D eigenvalue weighted by Gasteiger charge is 2.13. The van der Waals surface area contributed by atoms with Gasteiger partial charge in [-0.1, -0.05) is 17.8 Å². The van der Waals surface area contributed by atoms with Crippen molar-refractivity contribution in [2.45, 2.75) is 9.79 Å². The number of ether oxygens (including phenoxy) is 1. The molecule has 0 atom stereocenters. The standard InChI is InChI=1S/C13H11F2NOS/c1-17-8-3-2-4-9(7-8)18-13-11(16)6-5-10(14)12(13)15/h2-7H,16H2,1H3. The highest BCUT2D eigenvalue weighted by Crippen LogP contribution is 2.36. The van der Waals surface area contributed by atoms with Crippen molar-refractivity contribution in [2.75, 3.05) is 12.8 Å². The van der Waals surface area contributed by atoms with Gasteiger partial charge >= 0.3 is 0 Å². The maximum absolute atomic E-state index is 13.6. The summed E-state index contributed by atoms with van der Waals surface area (Å²) in [5.41, 5.74) is 5.86. The fourth-order valence-corrected chi connectivity index (χ4v) is 2.36. The molecule has 0 aliphatic heterocycles. The molecule has 0 aliphatic rings. The average molecular weight is 267 g/mol. The zero-order valence-electron chi connectivity index (χ0n) is 9.61.